The normalized spacial score (nSPS) is 22.2. The Morgan fingerprint density at radius 2 is 2.05 bits per heavy atom. The summed E-state index contributed by atoms with van der Waals surface area (Å²) in [5.41, 5.74) is 0.173. The number of esters is 1. The lowest BCUT2D eigenvalue weighted by molar-refractivity contribution is -0.141. The van der Waals surface area contributed by atoms with E-state index in [2.05, 4.69) is 28.6 Å². The highest BCUT2D eigenvalue weighted by Crippen LogP contribution is 2.28. The van der Waals surface area contributed by atoms with Gasteiger partial charge in [0.05, 0.1) is 19.0 Å². The van der Waals surface area contributed by atoms with Crippen molar-refractivity contribution in [3.05, 3.63) is 21.6 Å². The van der Waals surface area contributed by atoms with Crippen LogP contribution in [0, 0.1) is 11.8 Å². The molecular weight excluding hydrogens is 294 g/mol. The summed E-state index contributed by atoms with van der Waals surface area (Å²) in [6.07, 6.45) is 2.72. The Morgan fingerprint density at radius 1 is 1.43 bits per heavy atom. The predicted molar refractivity (Wildman–Crippen MR) is 80.7 cm³/mol. The van der Waals surface area contributed by atoms with E-state index in [9.17, 15) is 9.59 Å². The Labute approximate surface area is 128 Å². The molecule has 7 heteroatoms. The summed E-state index contributed by atoms with van der Waals surface area (Å²) >= 11 is 6.19. The number of ether oxygens (including phenoxy) is 1. The van der Waals surface area contributed by atoms with Crippen LogP contribution in [0.1, 0.15) is 20.3 Å². The summed E-state index contributed by atoms with van der Waals surface area (Å²) in [6, 6.07) is 0. The minimum absolute atomic E-state index is 0.107. The van der Waals surface area contributed by atoms with E-state index in [0.717, 1.165) is 17.8 Å². The fourth-order valence-electron chi connectivity index (χ4n) is 2.84. The van der Waals surface area contributed by atoms with Gasteiger partial charge in [-0.15, -0.1) is 0 Å². The van der Waals surface area contributed by atoms with Gasteiger partial charge in [0.25, 0.3) is 5.56 Å². The molecule has 0 amide bonds. The molecule has 1 aromatic heterocycles. The topological polar surface area (TPSA) is 64.4 Å². The van der Waals surface area contributed by atoms with Crippen molar-refractivity contribution in [2.45, 2.75) is 26.8 Å². The molecule has 0 aromatic carbocycles. The van der Waals surface area contributed by atoms with E-state index in [1.54, 1.807) is 6.20 Å². The number of hydrogen-bond donors (Lipinski definition) is 0. The molecule has 116 valence electrons. The summed E-state index contributed by atoms with van der Waals surface area (Å²) in [4.78, 5) is 25.5. The number of piperidine rings is 1. The molecule has 2 atom stereocenters. The Balaban J connectivity index is 2.28. The molecule has 1 aromatic rings. The first-order valence-corrected chi connectivity index (χ1v) is 7.37. The maximum absolute atomic E-state index is 12.2. The van der Waals surface area contributed by atoms with Gasteiger partial charge in [-0.05, 0) is 18.3 Å². The van der Waals surface area contributed by atoms with E-state index >= 15 is 0 Å². The molecule has 6 nitrogen and oxygen atoms in total. The first-order chi connectivity index (χ1) is 9.92. The molecule has 0 saturated carbocycles. The van der Waals surface area contributed by atoms with E-state index in [-0.39, 0.29) is 11.6 Å². The number of rotatable bonds is 3. The van der Waals surface area contributed by atoms with Crippen LogP contribution in [0.5, 0.6) is 0 Å². The van der Waals surface area contributed by atoms with Gasteiger partial charge in [0, 0.05) is 13.1 Å². The fourth-order valence-corrected chi connectivity index (χ4v) is 3.10. The average Bonchev–Trinajstić information content (AvgIpc) is 2.42. The first-order valence-electron chi connectivity index (χ1n) is 6.99. The molecule has 2 heterocycles. The minimum Gasteiger partial charge on any atom is -0.468 e. The molecule has 1 saturated heterocycles. The number of nitrogens with zero attached hydrogens (tertiary/aromatic N) is 3. The smallest absolute Gasteiger partial charge is 0.327 e. The van der Waals surface area contributed by atoms with Crippen LogP contribution in [-0.2, 0) is 16.1 Å². The molecule has 2 rings (SSSR count). The zero-order chi connectivity index (χ0) is 15.6. The van der Waals surface area contributed by atoms with Gasteiger partial charge in [-0.25, -0.2) is 4.68 Å². The average molecular weight is 314 g/mol. The SMILES string of the molecule is COC(=O)Cn1ncc(N2C[C@H](C)C[C@@H](C)C2)c(Cl)c1=O. The summed E-state index contributed by atoms with van der Waals surface area (Å²) in [6.45, 7) is 5.84. The molecule has 0 aliphatic carbocycles. The van der Waals surface area contributed by atoms with Crippen molar-refractivity contribution < 1.29 is 9.53 Å². The van der Waals surface area contributed by atoms with Gasteiger partial charge < -0.3 is 9.64 Å². The zero-order valence-electron chi connectivity index (χ0n) is 12.5. The Morgan fingerprint density at radius 3 is 2.62 bits per heavy atom. The molecule has 1 aliphatic rings. The number of carbonyl (C=O) groups is 1. The van der Waals surface area contributed by atoms with E-state index in [0.29, 0.717) is 17.5 Å². The fraction of sp³-hybridized carbons (Fsp3) is 0.643. The summed E-state index contributed by atoms with van der Waals surface area (Å²) in [7, 11) is 1.26. The molecular formula is C14H20ClN3O3. The number of carbonyl (C=O) groups excluding carboxylic acids is 1. The highest BCUT2D eigenvalue weighted by Gasteiger charge is 2.25. The van der Waals surface area contributed by atoms with Crippen molar-refractivity contribution in [2.24, 2.45) is 11.8 Å². The van der Waals surface area contributed by atoms with Crippen molar-refractivity contribution >= 4 is 23.3 Å². The van der Waals surface area contributed by atoms with Crippen molar-refractivity contribution in [3.8, 4) is 0 Å². The van der Waals surface area contributed by atoms with Crippen molar-refractivity contribution in [3.63, 3.8) is 0 Å². The second-order valence-corrected chi connectivity index (χ2v) is 6.11. The van der Waals surface area contributed by atoms with Crippen LogP contribution in [0.3, 0.4) is 0 Å². The minimum atomic E-state index is -0.534. The van der Waals surface area contributed by atoms with Gasteiger partial charge >= 0.3 is 5.97 Å². The number of halogens is 1. The van der Waals surface area contributed by atoms with Gasteiger partial charge in [0.2, 0.25) is 0 Å². The number of methoxy groups -OCH3 is 1. The molecule has 0 N–H and O–H groups in total. The van der Waals surface area contributed by atoms with Gasteiger partial charge in [-0.2, -0.15) is 5.10 Å². The standard InChI is InChI=1S/C14H20ClN3O3/c1-9-4-10(2)7-17(6-9)11-5-16-18(8-12(19)21-3)14(20)13(11)15/h5,9-10H,4,6-8H2,1-3H3/t9-,10-/m1/s1. The molecule has 0 radical (unpaired) electrons. The summed E-state index contributed by atoms with van der Waals surface area (Å²) in [5.74, 6) is 0.554. The van der Waals surface area contributed by atoms with Crippen LogP contribution < -0.4 is 10.5 Å². The third kappa shape index (κ3) is 3.56. The highest BCUT2D eigenvalue weighted by atomic mass is 35.5. The van der Waals surface area contributed by atoms with Crippen LogP contribution in [0.25, 0.3) is 0 Å². The molecule has 0 bridgehead atoms. The molecule has 1 aliphatic heterocycles. The number of hydrogen-bond acceptors (Lipinski definition) is 5. The Bertz CT molecular complexity index is 577. The predicted octanol–water partition coefficient (Wildman–Crippen LogP) is 1.55. The lowest BCUT2D eigenvalue weighted by Crippen LogP contribution is -2.40. The van der Waals surface area contributed by atoms with Crippen LogP contribution in [0.15, 0.2) is 11.0 Å². The van der Waals surface area contributed by atoms with Crippen molar-refractivity contribution in [1.82, 2.24) is 9.78 Å². The van der Waals surface area contributed by atoms with E-state index < -0.39 is 11.5 Å². The monoisotopic (exact) mass is 313 g/mol. The van der Waals surface area contributed by atoms with E-state index in [1.165, 1.54) is 13.5 Å². The zero-order valence-corrected chi connectivity index (χ0v) is 13.3. The Kier molecular flexibility index (Phi) is 4.88. The lowest BCUT2D eigenvalue weighted by atomic mass is 9.92. The largest absolute Gasteiger partial charge is 0.468 e. The third-order valence-electron chi connectivity index (χ3n) is 3.68. The number of aromatic nitrogens is 2. The van der Waals surface area contributed by atoms with Crippen LogP contribution in [0.4, 0.5) is 5.69 Å². The Hall–Kier alpha value is -1.56. The van der Waals surface area contributed by atoms with Crippen LogP contribution in [-0.4, -0.2) is 35.9 Å². The third-order valence-corrected chi connectivity index (χ3v) is 4.04. The van der Waals surface area contributed by atoms with Crippen LogP contribution in [0.2, 0.25) is 5.02 Å². The molecule has 0 spiro atoms. The molecule has 1 fully saturated rings. The van der Waals surface area contributed by atoms with Crippen LogP contribution >= 0.6 is 11.6 Å². The van der Waals surface area contributed by atoms with Gasteiger partial charge in [0.1, 0.15) is 11.6 Å². The second kappa shape index (κ2) is 6.47. The molecule has 21 heavy (non-hydrogen) atoms. The van der Waals surface area contributed by atoms with E-state index in [1.807, 2.05) is 0 Å². The number of anilines is 1. The van der Waals surface area contributed by atoms with E-state index in [4.69, 9.17) is 11.6 Å². The van der Waals surface area contributed by atoms with Gasteiger partial charge in [0.15, 0.2) is 0 Å². The molecule has 0 unspecified atom stereocenters. The van der Waals surface area contributed by atoms with Crippen molar-refractivity contribution in [1.29, 1.82) is 0 Å². The lowest BCUT2D eigenvalue weighted by Gasteiger charge is -2.36. The summed E-state index contributed by atoms with van der Waals surface area (Å²) < 4.78 is 5.55. The van der Waals surface area contributed by atoms with Gasteiger partial charge in [-0.1, -0.05) is 25.4 Å². The maximum Gasteiger partial charge on any atom is 0.327 e. The summed E-state index contributed by atoms with van der Waals surface area (Å²) in [5, 5.41) is 4.14. The first kappa shape index (κ1) is 15.8. The van der Waals surface area contributed by atoms with Crippen molar-refractivity contribution in [2.75, 3.05) is 25.1 Å². The highest BCUT2D eigenvalue weighted by molar-refractivity contribution is 6.33. The quantitative estimate of drug-likeness (QED) is 0.792. The van der Waals surface area contributed by atoms with Gasteiger partial charge in [-0.3, -0.25) is 9.59 Å². The second-order valence-electron chi connectivity index (χ2n) is 5.73. The maximum atomic E-state index is 12.2.